The number of carbonyl (C=O) groups is 1. The molecule has 0 heterocycles. The summed E-state index contributed by atoms with van der Waals surface area (Å²) in [4.78, 5) is 10.7. The molecule has 0 aromatic rings. The van der Waals surface area contributed by atoms with Gasteiger partial charge in [0.05, 0.1) is 0 Å². The largest absolute Gasteiger partial charge is 0.302 e. The highest BCUT2D eigenvalue weighted by atomic mass is 16.1. The fourth-order valence-corrected chi connectivity index (χ4v) is 1.12. The highest BCUT2D eigenvalue weighted by Crippen LogP contribution is 2.27. The van der Waals surface area contributed by atoms with E-state index in [4.69, 9.17) is 0 Å². The predicted molar refractivity (Wildman–Crippen MR) is 48.5 cm³/mol. The van der Waals surface area contributed by atoms with Crippen LogP contribution in [-0.4, -0.2) is 6.29 Å². The molecule has 0 spiro atoms. The second-order valence-corrected chi connectivity index (χ2v) is 3.01. The summed E-state index contributed by atoms with van der Waals surface area (Å²) in [5.41, 5.74) is -0.240. The van der Waals surface area contributed by atoms with Gasteiger partial charge in [-0.3, -0.25) is 0 Å². The van der Waals surface area contributed by atoms with E-state index in [1.165, 1.54) is 0 Å². The maximum Gasteiger partial charge on any atom is 0.129 e. The monoisotopic (exact) mass is 154 g/mol. The lowest BCUT2D eigenvalue weighted by molar-refractivity contribution is -0.114. The van der Waals surface area contributed by atoms with E-state index in [2.05, 4.69) is 13.5 Å². The van der Waals surface area contributed by atoms with E-state index in [0.717, 1.165) is 32.0 Å². The third-order valence-electron chi connectivity index (χ3n) is 2.30. The van der Waals surface area contributed by atoms with Crippen molar-refractivity contribution in [1.29, 1.82) is 0 Å². The molecule has 0 aliphatic heterocycles. The number of rotatable bonds is 6. The van der Waals surface area contributed by atoms with Gasteiger partial charge in [-0.15, -0.1) is 6.58 Å². The zero-order valence-electron chi connectivity index (χ0n) is 7.60. The minimum atomic E-state index is -0.240. The van der Waals surface area contributed by atoms with Gasteiger partial charge < -0.3 is 4.79 Å². The van der Waals surface area contributed by atoms with Crippen LogP contribution in [0.3, 0.4) is 0 Å². The zero-order valence-corrected chi connectivity index (χ0v) is 7.60. The van der Waals surface area contributed by atoms with Crippen LogP contribution < -0.4 is 0 Å². The van der Waals surface area contributed by atoms with E-state index in [1.54, 1.807) is 6.08 Å². The summed E-state index contributed by atoms with van der Waals surface area (Å²) < 4.78 is 0. The minimum absolute atomic E-state index is 0.240. The van der Waals surface area contributed by atoms with Crippen molar-refractivity contribution in [2.45, 2.75) is 39.5 Å². The third-order valence-corrected chi connectivity index (χ3v) is 2.30. The molecular formula is C10H18O. The second kappa shape index (κ2) is 5.11. The van der Waals surface area contributed by atoms with Crippen molar-refractivity contribution in [3.05, 3.63) is 12.7 Å². The van der Waals surface area contributed by atoms with Gasteiger partial charge in [0, 0.05) is 5.41 Å². The SMILES string of the molecule is C=CC(C=O)(CC)CCCC. The fourth-order valence-electron chi connectivity index (χ4n) is 1.12. The normalized spacial score (nSPS) is 15.5. The molecule has 0 aromatic carbocycles. The molecule has 1 atom stereocenters. The molecular weight excluding hydrogens is 136 g/mol. The van der Waals surface area contributed by atoms with Gasteiger partial charge in [-0.05, 0) is 12.8 Å². The van der Waals surface area contributed by atoms with Crippen molar-refractivity contribution in [2.75, 3.05) is 0 Å². The number of allylic oxidation sites excluding steroid dienone is 1. The van der Waals surface area contributed by atoms with Gasteiger partial charge in [-0.2, -0.15) is 0 Å². The Kier molecular flexibility index (Phi) is 4.84. The Morgan fingerprint density at radius 1 is 1.45 bits per heavy atom. The van der Waals surface area contributed by atoms with Gasteiger partial charge in [0.25, 0.3) is 0 Å². The Labute approximate surface area is 69.5 Å². The van der Waals surface area contributed by atoms with Gasteiger partial charge in [0.1, 0.15) is 6.29 Å². The maximum absolute atomic E-state index is 10.7. The first-order chi connectivity index (χ1) is 5.24. The van der Waals surface area contributed by atoms with Crippen molar-refractivity contribution >= 4 is 6.29 Å². The minimum Gasteiger partial charge on any atom is -0.302 e. The van der Waals surface area contributed by atoms with Gasteiger partial charge in [-0.1, -0.05) is 32.8 Å². The predicted octanol–water partition coefficient (Wildman–Crippen LogP) is 2.96. The highest BCUT2D eigenvalue weighted by Gasteiger charge is 2.21. The van der Waals surface area contributed by atoms with Crippen LogP contribution in [0.2, 0.25) is 0 Å². The van der Waals surface area contributed by atoms with E-state index in [-0.39, 0.29) is 5.41 Å². The average molecular weight is 154 g/mol. The number of unbranched alkanes of at least 4 members (excludes halogenated alkanes) is 1. The van der Waals surface area contributed by atoms with E-state index in [9.17, 15) is 4.79 Å². The smallest absolute Gasteiger partial charge is 0.129 e. The number of carbonyl (C=O) groups excluding carboxylic acids is 1. The van der Waals surface area contributed by atoms with Gasteiger partial charge in [0.15, 0.2) is 0 Å². The molecule has 0 N–H and O–H groups in total. The van der Waals surface area contributed by atoms with E-state index < -0.39 is 0 Å². The molecule has 0 aromatic heterocycles. The summed E-state index contributed by atoms with van der Waals surface area (Å²) in [5.74, 6) is 0. The lowest BCUT2D eigenvalue weighted by Gasteiger charge is -2.21. The molecule has 11 heavy (non-hydrogen) atoms. The molecule has 1 nitrogen and oxygen atoms in total. The molecule has 0 bridgehead atoms. The van der Waals surface area contributed by atoms with Crippen LogP contribution in [0.25, 0.3) is 0 Å². The van der Waals surface area contributed by atoms with Crippen molar-refractivity contribution in [3.63, 3.8) is 0 Å². The molecule has 0 fully saturated rings. The van der Waals surface area contributed by atoms with E-state index in [0.29, 0.717) is 0 Å². The molecule has 0 radical (unpaired) electrons. The fraction of sp³-hybridized carbons (Fsp3) is 0.700. The average Bonchev–Trinajstić information content (AvgIpc) is 2.08. The first-order valence-corrected chi connectivity index (χ1v) is 4.34. The van der Waals surface area contributed by atoms with Crippen LogP contribution in [-0.2, 0) is 4.79 Å². The third kappa shape index (κ3) is 2.87. The summed E-state index contributed by atoms with van der Waals surface area (Å²) in [5, 5.41) is 0. The molecule has 0 saturated heterocycles. The Balaban J connectivity index is 4.05. The zero-order chi connectivity index (χ0) is 8.74. The number of hydrogen-bond donors (Lipinski definition) is 0. The number of aldehydes is 1. The summed E-state index contributed by atoms with van der Waals surface area (Å²) in [6.07, 6.45) is 6.90. The molecule has 0 aliphatic rings. The van der Waals surface area contributed by atoms with Crippen molar-refractivity contribution in [2.24, 2.45) is 5.41 Å². The van der Waals surface area contributed by atoms with Crippen LogP contribution in [0.1, 0.15) is 39.5 Å². The quantitative estimate of drug-likeness (QED) is 0.424. The molecule has 1 unspecified atom stereocenters. The van der Waals surface area contributed by atoms with Crippen molar-refractivity contribution in [1.82, 2.24) is 0 Å². The van der Waals surface area contributed by atoms with Crippen molar-refractivity contribution in [3.8, 4) is 0 Å². The maximum atomic E-state index is 10.7. The van der Waals surface area contributed by atoms with Gasteiger partial charge in [0.2, 0.25) is 0 Å². The van der Waals surface area contributed by atoms with Crippen LogP contribution in [0.4, 0.5) is 0 Å². The first kappa shape index (κ1) is 10.4. The number of hydrogen-bond acceptors (Lipinski definition) is 1. The topological polar surface area (TPSA) is 17.1 Å². The Morgan fingerprint density at radius 2 is 2.09 bits per heavy atom. The molecule has 1 heteroatoms. The van der Waals surface area contributed by atoms with Crippen LogP contribution in [0.15, 0.2) is 12.7 Å². The van der Waals surface area contributed by atoms with E-state index >= 15 is 0 Å². The molecule has 0 aliphatic carbocycles. The molecule has 0 saturated carbocycles. The van der Waals surface area contributed by atoms with Crippen molar-refractivity contribution < 1.29 is 4.79 Å². The molecule has 64 valence electrons. The second-order valence-electron chi connectivity index (χ2n) is 3.01. The summed E-state index contributed by atoms with van der Waals surface area (Å²) in [6.45, 7) is 7.86. The van der Waals surface area contributed by atoms with Crippen LogP contribution >= 0.6 is 0 Å². The van der Waals surface area contributed by atoms with Gasteiger partial charge >= 0.3 is 0 Å². The lowest BCUT2D eigenvalue weighted by Crippen LogP contribution is -2.17. The Bertz CT molecular complexity index is 119. The first-order valence-electron chi connectivity index (χ1n) is 4.34. The summed E-state index contributed by atoms with van der Waals surface area (Å²) >= 11 is 0. The summed E-state index contributed by atoms with van der Waals surface area (Å²) in [6, 6.07) is 0. The van der Waals surface area contributed by atoms with Gasteiger partial charge in [-0.25, -0.2) is 0 Å². The standard InChI is InChI=1S/C10H18O/c1-4-7-8-10(5-2,6-3)9-11/h5,9H,2,4,6-8H2,1,3H3. The molecule has 0 rings (SSSR count). The Morgan fingerprint density at radius 3 is 2.36 bits per heavy atom. The summed E-state index contributed by atoms with van der Waals surface area (Å²) in [7, 11) is 0. The lowest BCUT2D eigenvalue weighted by atomic mass is 9.82. The van der Waals surface area contributed by atoms with E-state index in [1.807, 2.05) is 6.92 Å². The molecule has 0 amide bonds. The Hall–Kier alpha value is -0.590. The van der Waals surface area contributed by atoms with Crippen LogP contribution in [0.5, 0.6) is 0 Å². The van der Waals surface area contributed by atoms with Crippen LogP contribution in [0, 0.1) is 5.41 Å². The highest BCUT2D eigenvalue weighted by molar-refractivity contribution is 5.62.